The van der Waals surface area contributed by atoms with Crippen LogP contribution in [-0.2, 0) is 0 Å². The highest BCUT2D eigenvalue weighted by Gasteiger charge is 2.19. The van der Waals surface area contributed by atoms with E-state index in [-0.39, 0.29) is 11.9 Å². The Kier molecular flexibility index (Phi) is 4.45. The summed E-state index contributed by atoms with van der Waals surface area (Å²) in [5.74, 6) is 0.431. The number of hydrogen-bond donors (Lipinski definition) is 1. The summed E-state index contributed by atoms with van der Waals surface area (Å²) in [7, 11) is 0. The van der Waals surface area contributed by atoms with Gasteiger partial charge in [-0.1, -0.05) is 12.1 Å². The maximum absolute atomic E-state index is 12.5. The molecule has 2 aromatic heterocycles. The lowest BCUT2D eigenvalue weighted by Crippen LogP contribution is -2.27. The van der Waals surface area contributed by atoms with Gasteiger partial charge in [-0.2, -0.15) is 5.26 Å². The highest BCUT2D eigenvalue weighted by atomic mass is 32.1. The third kappa shape index (κ3) is 3.21. The van der Waals surface area contributed by atoms with Gasteiger partial charge in [-0.25, -0.2) is 4.98 Å². The molecule has 1 unspecified atom stereocenters. The first kappa shape index (κ1) is 16.0. The topological polar surface area (TPSA) is 78.9 Å². The number of rotatable bonds is 4. The first-order valence-electron chi connectivity index (χ1n) is 7.40. The Labute approximate surface area is 143 Å². The molecule has 1 aromatic carbocycles. The van der Waals surface area contributed by atoms with Gasteiger partial charge in [0.1, 0.15) is 5.69 Å². The predicted molar refractivity (Wildman–Crippen MR) is 91.6 cm³/mol. The summed E-state index contributed by atoms with van der Waals surface area (Å²) >= 11 is 1.43. The third-order valence-corrected chi connectivity index (χ3v) is 4.62. The normalized spacial score (nSPS) is 11.7. The maximum Gasteiger partial charge on any atom is 0.271 e. The van der Waals surface area contributed by atoms with Crippen molar-refractivity contribution in [2.24, 2.45) is 0 Å². The van der Waals surface area contributed by atoms with Crippen molar-refractivity contribution in [2.45, 2.75) is 19.9 Å². The van der Waals surface area contributed by atoms with E-state index >= 15 is 0 Å². The fourth-order valence-electron chi connectivity index (χ4n) is 2.31. The number of nitriles is 1. The fourth-order valence-corrected chi connectivity index (χ4v) is 3.19. The van der Waals surface area contributed by atoms with Crippen LogP contribution in [0.5, 0.6) is 0 Å². The molecule has 0 radical (unpaired) electrons. The number of hydrogen-bond acceptors (Lipinski definition) is 5. The number of furan rings is 1. The van der Waals surface area contributed by atoms with Crippen molar-refractivity contribution in [3.63, 3.8) is 0 Å². The molecule has 120 valence electrons. The van der Waals surface area contributed by atoms with E-state index in [1.807, 2.05) is 32.0 Å². The zero-order valence-electron chi connectivity index (χ0n) is 13.2. The molecule has 0 bridgehead atoms. The Hall–Kier alpha value is -2.91. The Morgan fingerprint density at radius 2 is 2.08 bits per heavy atom. The van der Waals surface area contributed by atoms with Crippen molar-refractivity contribution < 1.29 is 9.21 Å². The predicted octanol–water partition coefficient (Wildman–Crippen LogP) is 4.07. The average molecular weight is 337 g/mol. The second kappa shape index (κ2) is 6.69. The summed E-state index contributed by atoms with van der Waals surface area (Å²) in [5.41, 5.74) is 1.93. The van der Waals surface area contributed by atoms with Crippen molar-refractivity contribution >= 4 is 17.2 Å². The summed E-state index contributed by atoms with van der Waals surface area (Å²) in [5, 5.41) is 12.5. The lowest BCUT2D eigenvalue weighted by atomic mass is 10.1. The molecule has 0 spiro atoms. The number of aromatic nitrogens is 1. The van der Waals surface area contributed by atoms with Crippen LogP contribution in [-0.4, -0.2) is 10.9 Å². The number of benzene rings is 1. The molecule has 1 atom stereocenters. The van der Waals surface area contributed by atoms with Crippen LogP contribution in [0.4, 0.5) is 0 Å². The molecule has 0 aliphatic heterocycles. The molecule has 3 aromatic rings. The van der Waals surface area contributed by atoms with Gasteiger partial charge in [0.05, 0.1) is 23.9 Å². The van der Waals surface area contributed by atoms with Crippen molar-refractivity contribution in [1.82, 2.24) is 10.3 Å². The van der Waals surface area contributed by atoms with Crippen molar-refractivity contribution in [2.75, 3.05) is 0 Å². The van der Waals surface area contributed by atoms with Crippen LogP contribution in [0.25, 0.3) is 10.8 Å². The fraction of sp³-hybridized carbons (Fsp3) is 0.167. The maximum atomic E-state index is 12.5. The molecule has 6 heteroatoms. The van der Waals surface area contributed by atoms with Crippen molar-refractivity contribution in [3.05, 3.63) is 64.4 Å². The Bertz CT molecular complexity index is 889. The Balaban J connectivity index is 1.76. The summed E-state index contributed by atoms with van der Waals surface area (Å²) in [6, 6.07) is 12.7. The average Bonchev–Trinajstić information content (AvgIpc) is 3.24. The van der Waals surface area contributed by atoms with Gasteiger partial charge < -0.3 is 9.73 Å². The van der Waals surface area contributed by atoms with Crippen LogP contribution in [0.2, 0.25) is 0 Å². The number of aryl methyl sites for hydroxylation is 1. The molecule has 3 rings (SSSR count). The summed E-state index contributed by atoms with van der Waals surface area (Å²) in [4.78, 5) is 17.7. The Morgan fingerprint density at radius 1 is 1.33 bits per heavy atom. The van der Waals surface area contributed by atoms with E-state index < -0.39 is 0 Å². The van der Waals surface area contributed by atoms with Crippen LogP contribution in [0, 0.1) is 18.3 Å². The number of nitrogens with zero attached hydrogens (tertiary/aromatic N) is 2. The van der Waals surface area contributed by atoms with Gasteiger partial charge in [0.2, 0.25) is 0 Å². The summed E-state index contributed by atoms with van der Waals surface area (Å²) in [6.07, 6.45) is 1.58. The lowest BCUT2D eigenvalue weighted by Gasteiger charge is -2.13. The molecular formula is C18H15N3O2S. The zero-order chi connectivity index (χ0) is 17.1. The standard InChI is InChI=1S/C18H15N3O2S/c1-11(14-7-5-13(10-19)6-8-14)20-17(22)16-12(2)24-18(21-16)15-4-3-9-23-15/h3-9,11H,1-2H3,(H,20,22). The smallest absolute Gasteiger partial charge is 0.271 e. The summed E-state index contributed by atoms with van der Waals surface area (Å²) in [6.45, 7) is 3.76. The number of carbonyl (C=O) groups excluding carboxylic acids is 1. The first-order chi connectivity index (χ1) is 11.6. The second-order valence-electron chi connectivity index (χ2n) is 5.33. The number of amides is 1. The minimum Gasteiger partial charge on any atom is -0.462 e. The minimum atomic E-state index is -0.224. The monoisotopic (exact) mass is 337 g/mol. The van der Waals surface area contributed by atoms with Crippen LogP contribution < -0.4 is 5.32 Å². The largest absolute Gasteiger partial charge is 0.462 e. The van der Waals surface area contributed by atoms with Gasteiger partial charge in [-0.15, -0.1) is 11.3 Å². The van der Waals surface area contributed by atoms with Crippen molar-refractivity contribution in [3.8, 4) is 16.8 Å². The molecular weight excluding hydrogens is 322 g/mol. The molecule has 2 heterocycles. The van der Waals surface area contributed by atoms with Crippen LogP contribution in [0.1, 0.15) is 39.5 Å². The van der Waals surface area contributed by atoms with Gasteiger partial charge in [-0.05, 0) is 43.7 Å². The van der Waals surface area contributed by atoms with Gasteiger partial charge >= 0.3 is 0 Å². The summed E-state index contributed by atoms with van der Waals surface area (Å²) < 4.78 is 5.33. The molecule has 24 heavy (non-hydrogen) atoms. The van der Waals surface area contributed by atoms with E-state index in [1.54, 1.807) is 24.5 Å². The highest BCUT2D eigenvalue weighted by molar-refractivity contribution is 7.15. The van der Waals surface area contributed by atoms with E-state index in [4.69, 9.17) is 9.68 Å². The molecule has 0 aliphatic carbocycles. The van der Waals surface area contributed by atoms with Gasteiger partial charge in [0, 0.05) is 4.88 Å². The molecule has 1 amide bonds. The Morgan fingerprint density at radius 3 is 2.71 bits per heavy atom. The van der Waals surface area contributed by atoms with Crippen LogP contribution in [0.15, 0.2) is 47.1 Å². The SMILES string of the molecule is Cc1sc(-c2ccco2)nc1C(=O)NC(C)c1ccc(C#N)cc1. The second-order valence-corrected chi connectivity index (χ2v) is 6.53. The van der Waals surface area contributed by atoms with Gasteiger partial charge in [0.15, 0.2) is 10.8 Å². The molecule has 0 saturated heterocycles. The molecule has 5 nitrogen and oxygen atoms in total. The highest BCUT2D eigenvalue weighted by Crippen LogP contribution is 2.28. The quantitative estimate of drug-likeness (QED) is 0.778. The minimum absolute atomic E-state index is 0.182. The van der Waals surface area contributed by atoms with E-state index in [1.165, 1.54) is 11.3 Å². The van der Waals surface area contributed by atoms with E-state index in [2.05, 4.69) is 16.4 Å². The van der Waals surface area contributed by atoms with Crippen LogP contribution in [0.3, 0.4) is 0 Å². The number of carbonyl (C=O) groups is 1. The third-order valence-electron chi connectivity index (χ3n) is 3.63. The van der Waals surface area contributed by atoms with E-state index in [0.29, 0.717) is 22.0 Å². The molecule has 0 fully saturated rings. The van der Waals surface area contributed by atoms with Crippen LogP contribution >= 0.6 is 11.3 Å². The number of thiazole rings is 1. The molecule has 0 aliphatic rings. The lowest BCUT2D eigenvalue weighted by molar-refractivity contribution is 0.0935. The first-order valence-corrected chi connectivity index (χ1v) is 8.22. The molecule has 1 N–H and O–H groups in total. The van der Waals surface area contributed by atoms with Crippen molar-refractivity contribution in [1.29, 1.82) is 5.26 Å². The van der Waals surface area contributed by atoms with E-state index in [9.17, 15) is 4.79 Å². The van der Waals surface area contributed by atoms with Gasteiger partial charge in [0.25, 0.3) is 5.91 Å². The molecule has 0 saturated carbocycles. The number of nitrogens with one attached hydrogen (secondary N) is 1. The zero-order valence-corrected chi connectivity index (χ0v) is 14.1. The van der Waals surface area contributed by atoms with E-state index in [0.717, 1.165) is 10.4 Å². The van der Waals surface area contributed by atoms with Gasteiger partial charge in [-0.3, -0.25) is 4.79 Å².